The molecule has 1 atom stereocenters. The monoisotopic (exact) mass is 415 g/mol. The second-order valence-electron chi connectivity index (χ2n) is 7.83. The summed E-state index contributed by atoms with van der Waals surface area (Å²) in [4.78, 5) is 25.4. The van der Waals surface area contributed by atoms with Crippen molar-refractivity contribution in [2.45, 2.75) is 39.7 Å². The molecule has 1 aromatic carbocycles. The summed E-state index contributed by atoms with van der Waals surface area (Å²) < 4.78 is 20.1. The molecule has 1 aliphatic heterocycles. The van der Waals surface area contributed by atoms with E-state index in [2.05, 4.69) is 14.9 Å². The molecule has 0 saturated carbocycles. The van der Waals surface area contributed by atoms with Gasteiger partial charge in [0, 0.05) is 25.7 Å². The zero-order valence-electron chi connectivity index (χ0n) is 17.8. The maximum Gasteiger partial charge on any atom is 0.257 e. The minimum atomic E-state index is -0.489. The van der Waals surface area contributed by atoms with Crippen molar-refractivity contribution in [3.8, 4) is 11.5 Å². The van der Waals surface area contributed by atoms with Crippen LogP contribution >= 0.6 is 0 Å². The molecule has 1 amide bonds. The summed E-state index contributed by atoms with van der Waals surface area (Å²) >= 11 is 0. The van der Waals surface area contributed by atoms with Crippen molar-refractivity contribution in [3.63, 3.8) is 0 Å². The molecule has 7 nitrogen and oxygen atoms in total. The maximum absolute atomic E-state index is 14.0. The fourth-order valence-corrected chi connectivity index (χ4v) is 3.84. The molecular weight excluding hydrogens is 385 g/mol. The van der Waals surface area contributed by atoms with Crippen LogP contribution in [0.2, 0.25) is 0 Å². The van der Waals surface area contributed by atoms with Crippen LogP contribution in [0.3, 0.4) is 0 Å². The Morgan fingerprint density at radius 3 is 2.90 bits per heavy atom. The molecule has 2 N–H and O–H groups in total. The van der Waals surface area contributed by atoms with E-state index in [0.717, 1.165) is 25.9 Å². The van der Waals surface area contributed by atoms with E-state index in [0.29, 0.717) is 30.6 Å². The highest BCUT2D eigenvalue weighted by molar-refractivity contribution is 5.97. The lowest BCUT2D eigenvalue weighted by Crippen LogP contribution is -2.39. The molecule has 0 radical (unpaired) electrons. The molecule has 2 heterocycles. The van der Waals surface area contributed by atoms with E-state index in [1.807, 2.05) is 20.8 Å². The van der Waals surface area contributed by atoms with Crippen molar-refractivity contribution in [2.75, 3.05) is 31.1 Å². The first-order valence-corrected chi connectivity index (χ1v) is 10.5. The van der Waals surface area contributed by atoms with Gasteiger partial charge in [0.2, 0.25) is 0 Å². The second-order valence-corrected chi connectivity index (χ2v) is 7.83. The predicted octanol–water partition coefficient (Wildman–Crippen LogP) is 3.45. The minimum absolute atomic E-state index is 0.0178. The summed E-state index contributed by atoms with van der Waals surface area (Å²) in [5.41, 5.74) is 6.05. The predicted molar refractivity (Wildman–Crippen MR) is 114 cm³/mol. The van der Waals surface area contributed by atoms with Gasteiger partial charge in [0.25, 0.3) is 5.91 Å². The van der Waals surface area contributed by atoms with Gasteiger partial charge >= 0.3 is 0 Å². The van der Waals surface area contributed by atoms with Gasteiger partial charge in [-0.1, -0.05) is 0 Å². The third-order valence-corrected chi connectivity index (χ3v) is 5.43. The molecular formula is C22H30FN5O2. The fraction of sp³-hybridized carbons (Fsp3) is 0.500. The first-order valence-electron chi connectivity index (χ1n) is 10.5. The molecule has 0 aliphatic carbocycles. The van der Waals surface area contributed by atoms with Crippen LogP contribution in [0.4, 0.5) is 10.2 Å². The average Bonchev–Trinajstić information content (AvgIpc) is 2.75. The third-order valence-electron chi connectivity index (χ3n) is 5.43. The van der Waals surface area contributed by atoms with Gasteiger partial charge in [-0.15, -0.1) is 0 Å². The number of carbonyl (C=O) groups is 1. The number of anilines is 1. The van der Waals surface area contributed by atoms with E-state index >= 15 is 0 Å². The number of nitrogens with two attached hydrogens (primary N) is 1. The van der Waals surface area contributed by atoms with Crippen molar-refractivity contribution in [2.24, 2.45) is 11.7 Å². The molecule has 1 saturated heterocycles. The molecule has 1 fully saturated rings. The Labute approximate surface area is 177 Å². The van der Waals surface area contributed by atoms with E-state index < -0.39 is 5.82 Å². The lowest BCUT2D eigenvalue weighted by Gasteiger charge is -2.33. The highest BCUT2D eigenvalue weighted by Crippen LogP contribution is 2.34. The average molecular weight is 416 g/mol. The quantitative estimate of drug-likeness (QED) is 0.746. The van der Waals surface area contributed by atoms with Crippen LogP contribution < -0.4 is 15.4 Å². The molecule has 2 aromatic rings. The van der Waals surface area contributed by atoms with Crippen LogP contribution in [0, 0.1) is 11.7 Å². The van der Waals surface area contributed by atoms with E-state index in [1.54, 1.807) is 11.1 Å². The molecule has 30 heavy (non-hydrogen) atoms. The zero-order valence-corrected chi connectivity index (χ0v) is 17.8. The van der Waals surface area contributed by atoms with Gasteiger partial charge in [-0.05, 0) is 64.3 Å². The number of hydrogen-bond acceptors (Lipinski definition) is 6. The SMILES string of the molecule is CCN(C(=O)c1cc(F)ccc1Oc1cncnc1N1CCCC(CN)C1)C(C)C. The number of aromatic nitrogens is 2. The lowest BCUT2D eigenvalue weighted by atomic mass is 9.98. The topological polar surface area (TPSA) is 84.6 Å². The molecule has 1 aliphatic rings. The molecule has 0 spiro atoms. The number of amides is 1. The fourth-order valence-electron chi connectivity index (χ4n) is 3.84. The summed E-state index contributed by atoms with van der Waals surface area (Å²) in [6.45, 7) is 8.51. The van der Waals surface area contributed by atoms with Gasteiger partial charge in [0.15, 0.2) is 11.6 Å². The second kappa shape index (κ2) is 9.84. The Morgan fingerprint density at radius 1 is 1.40 bits per heavy atom. The van der Waals surface area contributed by atoms with Crippen LogP contribution in [0.1, 0.15) is 44.0 Å². The van der Waals surface area contributed by atoms with E-state index in [1.165, 1.54) is 24.5 Å². The number of carbonyl (C=O) groups excluding carboxylic acids is 1. The zero-order chi connectivity index (χ0) is 21.7. The Balaban J connectivity index is 1.93. The molecule has 162 valence electrons. The number of ether oxygens (including phenoxy) is 1. The summed E-state index contributed by atoms with van der Waals surface area (Å²) in [5.74, 6) is 1.00. The molecule has 1 aromatic heterocycles. The number of halogens is 1. The van der Waals surface area contributed by atoms with Gasteiger partial charge in [-0.2, -0.15) is 0 Å². The molecule has 3 rings (SSSR count). The van der Waals surface area contributed by atoms with E-state index in [-0.39, 0.29) is 23.3 Å². The Morgan fingerprint density at radius 2 is 2.20 bits per heavy atom. The third kappa shape index (κ3) is 4.87. The highest BCUT2D eigenvalue weighted by Gasteiger charge is 2.25. The Bertz CT molecular complexity index is 876. The standard InChI is InChI=1S/C22H30FN5O2/c1-4-28(15(2)3)22(29)18-10-17(23)7-8-19(18)30-20-12-25-14-26-21(20)27-9-5-6-16(11-24)13-27/h7-8,10,12,14-16H,4-6,9,11,13,24H2,1-3H3. The maximum atomic E-state index is 14.0. The van der Waals surface area contributed by atoms with E-state index in [9.17, 15) is 9.18 Å². The highest BCUT2D eigenvalue weighted by atomic mass is 19.1. The van der Waals surface area contributed by atoms with Crippen LogP contribution in [-0.4, -0.2) is 53.0 Å². The summed E-state index contributed by atoms with van der Waals surface area (Å²) in [7, 11) is 0. The molecule has 8 heteroatoms. The summed E-state index contributed by atoms with van der Waals surface area (Å²) in [5, 5.41) is 0. The Kier molecular flexibility index (Phi) is 7.20. The first kappa shape index (κ1) is 22.0. The lowest BCUT2D eigenvalue weighted by molar-refractivity contribution is 0.0713. The number of hydrogen-bond donors (Lipinski definition) is 1. The van der Waals surface area contributed by atoms with Gasteiger partial charge in [-0.25, -0.2) is 14.4 Å². The van der Waals surface area contributed by atoms with Crippen molar-refractivity contribution in [1.82, 2.24) is 14.9 Å². The van der Waals surface area contributed by atoms with Crippen molar-refractivity contribution in [3.05, 3.63) is 42.1 Å². The molecule has 1 unspecified atom stereocenters. The van der Waals surface area contributed by atoms with Crippen LogP contribution in [0.25, 0.3) is 0 Å². The number of rotatable bonds is 7. The van der Waals surface area contributed by atoms with Gasteiger partial charge in [0.05, 0.1) is 11.8 Å². The van der Waals surface area contributed by atoms with Crippen LogP contribution in [0.15, 0.2) is 30.7 Å². The Hall–Kier alpha value is -2.74. The van der Waals surface area contributed by atoms with Crippen molar-refractivity contribution in [1.29, 1.82) is 0 Å². The first-order chi connectivity index (χ1) is 14.4. The normalized spacial score (nSPS) is 16.6. The minimum Gasteiger partial charge on any atom is -0.451 e. The number of benzene rings is 1. The van der Waals surface area contributed by atoms with E-state index in [4.69, 9.17) is 10.5 Å². The van der Waals surface area contributed by atoms with Gasteiger partial charge < -0.3 is 20.3 Å². The van der Waals surface area contributed by atoms with Crippen LogP contribution in [-0.2, 0) is 0 Å². The summed E-state index contributed by atoms with van der Waals surface area (Å²) in [6, 6.07) is 3.96. The van der Waals surface area contributed by atoms with Crippen LogP contribution in [0.5, 0.6) is 11.5 Å². The van der Waals surface area contributed by atoms with Gasteiger partial charge in [0.1, 0.15) is 17.9 Å². The van der Waals surface area contributed by atoms with Gasteiger partial charge in [-0.3, -0.25) is 4.79 Å². The van der Waals surface area contributed by atoms with Crippen molar-refractivity contribution < 1.29 is 13.9 Å². The smallest absolute Gasteiger partial charge is 0.257 e. The summed E-state index contributed by atoms with van der Waals surface area (Å²) in [6.07, 6.45) is 5.16. The molecule has 0 bridgehead atoms. The number of nitrogens with zero attached hydrogens (tertiary/aromatic N) is 4. The largest absolute Gasteiger partial charge is 0.451 e. The van der Waals surface area contributed by atoms with Crippen molar-refractivity contribution >= 4 is 11.7 Å². The number of piperidine rings is 1.